The molecular formula is C20H20N2O4. The zero-order valence-electron chi connectivity index (χ0n) is 14.6. The highest BCUT2D eigenvalue weighted by Gasteiger charge is 2.23. The Morgan fingerprint density at radius 2 is 1.50 bits per heavy atom. The molecule has 0 aliphatic heterocycles. The van der Waals surface area contributed by atoms with Gasteiger partial charge in [-0.25, -0.2) is 4.79 Å². The maximum atomic E-state index is 12.4. The van der Waals surface area contributed by atoms with Crippen molar-refractivity contribution in [2.24, 2.45) is 0 Å². The molecule has 6 nitrogen and oxygen atoms in total. The maximum absolute atomic E-state index is 12.4. The van der Waals surface area contributed by atoms with Crippen LogP contribution >= 0.6 is 0 Å². The van der Waals surface area contributed by atoms with Gasteiger partial charge in [0.1, 0.15) is 0 Å². The zero-order chi connectivity index (χ0) is 18.8. The summed E-state index contributed by atoms with van der Waals surface area (Å²) in [6.45, 7) is 3.52. The number of hydrogen-bond donors (Lipinski definition) is 3. The van der Waals surface area contributed by atoms with Gasteiger partial charge >= 0.3 is 5.97 Å². The fourth-order valence-corrected chi connectivity index (χ4v) is 2.68. The average Bonchev–Trinajstić information content (AvgIpc) is 3.41. The number of hydrogen-bond acceptors (Lipinski definition) is 3. The van der Waals surface area contributed by atoms with E-state index < -0.39 is 5.97 Å². The topological polar surface area (TPSA) is 95.5 Å². The molecule has 0 aromatic heterocycles. The first-order valence-electron chi connectivity index (χ1n) is 8.42. The normalized spacial score (nSPS) is 13.2. The minimum Gasteiger partial charge on any atom is -0.478 e. The van der Waals surface area contributed by atoms with Crippen LogP contribution in [0, 0.1) is 13.8 Å². The first kappa shape index (κ1) is 17.7. The van der Waals surface area contributed by atoms with Crippen LogP contribution in [0.4, 0.5) is 5.69 Å². The molecule has 2 aromatic carbocycles. The van der Waals surface area contributed by atoms with Gasteiger partial charge in [-0.05, 0) is 68.1 Å². The summed E-state index contributed by atoms with van der Waals surface area (Å²) in [6, 6.07) is 9.84. The van der Waals surface area contributed by atoms with Crippen LogP contribution < -0.4 is 10.6 Å². The first-order chi connectivity index (χ1) is 12.3. The Kier molecular flexibility index (Phi) is 4.75. The van der Waals surface area contributed by atoms with Crippen LogP contribution in [0.15, 0.2) is 36.4 Å². The Bertz CT molecular complexity index is 883. The summed E-state index contributed by atoms with van der Waals surface area (Å²) in [5.41, 5.74) is 2.92. The van der Waals surface area contributed by atoms with Gasteiger partial charge in [0, 0.05) is 22.9 Å². The van der Waals surface area contributed by atoms with E-state index in [1.807, 2.05) is 0 Å². The van der Waals surface area contributed by atoms with E-state index >= 15 is 0 Å². The van der Waals surface area contributed by atoms with Gasteiger partial charge in [-0.1, -0.05) is 6.07 Å². The zero-order valence-corrected chi connectivity index (χ0v) is 14.6. The molecule has 134 valence electrons. The number of nitrogens with one attached hydrogen (secondary N) is 2. The molecule has 6 heteroatoms. The van der Waals surface area contributed by atoms with E-state index in [-0.39, 0.29) is 23.4 Å². The van der Waals surface area contributed by atoms with Gasteiger partial charge in [0.25, 0.3) is 11.8 Å². The number of anilines is 1. The van der Waals surface area contributed by atoms with Crippen molar-refractivity contribution in [2.75, 3.05) is 5.32 Å². The molecule has 2 amide bonds. The van der Waals surface area contributed by atoms with E-state index in [9.17, 15) is 19.5 Å². The predicted octanol–water partition coefficient (Wildman–Crippen LogP) is 3.15. The summed E-state index contributed by atoms with van der Waals surface area (Å²) >= 11 is 0. The van der Waals surface area contributed by atoms with E-state index in [2.05, 4.69) is 10.6 Å². The van der Waals surface area contributed by atoms with Crippen molar-refractivity contribution in [3.63, 3.8) is 0 Å². The monoisotopic (exact) mass is 352 g/mol. The van der Waals surface area contributed by atoms with Gasteiger partial charge in [0.2, 0.25) is 0 Å². The van der Waals surface area contributed by atoms with Crippen LogP contribution in [0.1, 0.15) is 55.0 Å². The number of benzene rings is 2. The van der Waals surface area contributed by atoms with E-state index in [0.29, 0.717) is 22.4 Å². The average molecular weight is 352 g/mol. The highest BCUT2D eigenvalue weighted by molar-refractivity contribution is 6.06. The van der Waals surface area contributed by atoms with Crippen molar-refractivity contribution in [3.8, 4) is 0 Å². The lowest BCUT2D eigenvalue weighted by molar-refractivity contribution is 0.0695. The minimum atomic E-state index is -1.04. The lowest BCUT2D eigenvalue weighted by atomic mass is 10.0. The fraction of sp³-hybridized carbons (Fsp3) is 0.250. The second-order valence-corrected chi connectivity index (χ2v) is 6.57. The van der Waals surface area contributed by atoms with Crippen molar-refractivity contribution >= 4 is 23.5 Å². The predicted molar refractivity (Wildman–Crippen MR) is 97.8 cm³/mol. The smallest absolute Gasteiger partial charge is 0.336 e. The molecule has 0 unspecified atom stereocenters. The molecule has 26 heavy (non-hydrogen) atoms. The van der Waals surface area contributed by atoms with Crippen LogP contribution in [-0.4, -0.2) is 28.9 Å². The minimum absolute atomic E-state index is 0.139. The van der Waals surface area contributed by atoms with Crippen molar-refractivity contribution < 1.29 is 19.5 Å². The summed E-state index contributed by atoms with van der Waals surface area (Å²) in [5, 5.41) is 14.9. The number of aryl methyl sites for hydroxylation is 2. The third-order valence-corrected chi connectivity index (χ3v) is 4.37. The molecule has 3 rings (SSSR count). The summed E-state index contributed by atoms with van der Waals surface area (Å²) in [6.07, 6.45) is 2.03. The molecular weight excluding hydrogens is 332 g/mol. The van der Waals surface area contributed by atoms with Gasteiger partial charge in [-0.3, -0.25) is 9.59 Å². The fourth-order valence-electron chi connectivity index (χ4n) is 2.68. The Labute approximate surface area is 151 Å². The molecule has 0 spiro atoms. The Balaban J connectivity index is 1.74. The quantitative estimate of drug-likeness (QED) is 0.770. The van der Waals surface area contributed by atoms with E-state index in [1.165, 1.54) is 6.07 Å². The second kappa shape index (κ2) is 7.00. The van der Waals surface area contributed by atoms with E-state index in [4.69, 9.17) is 0 Å². The maximum Gasteiger partial charge on any atom is 0.336 e. The van der Waals surface area contributed by atoms with Crippen LogP contribution in [0.3, 0.4) is 0 Å². The van der Waals surface area contributed by atoms with Crippen LogP contribution in [0.2, 0.25) is 0 Å². The molecule has 0 heterocycles. The number of carbonyl (C=O) groups excluding carboxylic acids is 2. The molecule has 1 aliphatic carbocycles. The molecule has 0 saturated heterocycles. The van der Waals surface area contributed by atoms with Crippen molar-refractivity contribution in [2.45, 2.75) is 32.7 Å². The molecule has 0 radical (unpaired) electrons. The van der Waals surface area contributed by atoms with Gasteiger partial charge in [-0.2, -0.15) is 0 Å². The molecule has 3 N–H and O–H groups in total. The SMILES string of the molecule is Cc1cc(C)c(C(=O)O)cc1NC(=O)c1ccc(C(=O)NC2CC2)cc1. The van der Waals surface area contributed by atoms with E-state index in [0.717, 1.165) is 18.4 Å². The Morgan fingerprint density at radius 3 is 2.04 bits per heavy atom. The van der Waals surface area contributed by atoms with Crippen molar-refractivity contribution in [1.82, 2.24) is 5.32 Å². The van der Waals surface area contributed by atoms with Gasteiger partial charge in [0.05, 0.1) is 5.56 Å². The van der Waals surface area contributed by atoms with Crippen LogP contribution in [0.25, 0.3) is 0 Å². The number of carboxylic acids is 1. The number of carboxylic acid groups (broad SMARTS) is 1. The van der Waals surface area contributed by atoms with Crippen molar-refractivity contribution in [3.05, 3.63) is 64.2 Å². The first-order valence-corrected chi connectivity index (χ1v) is 8.42. The second-order valence-electron chi connectivity index (χ2n) is 6.57. The molecule has 0 bridgehead atoms. The summed E-state index contributed by atoms with van der Waals surface area (Å²) < 4.78 is 0. The van der Waals surface area contributed by atoms with Crippen LogP contribution in [0.5, 0.6) is 0 Å². The van der Waals surface area contributed by atoms with Gasteiger partial charge < -0.3 is 15.7 Å². The molecule has 1 fully saturated rings. The van der Waals surface area contributed by atoms with Gasteiger partial charge in [-0.15, -0.1) is 0 Å². The Hall–Kier alpha value is -3.15. The number of carbonyl (C=O) groups is 3. The number of rotatable bonds is 5. The number of aromatic carboxylic acids is 1. The molecule has 0 atom stereocenters. The lowest BCUT2D eigenvalue weighted by Crippen LogP contribution is -2.25. The van der Waals surface area contributed by atoms with Crippen LogP contribution in [-0.2, 0) is 0 Å². The Morgan fingerprint density at radius 1 is 0.923 bits per heavy atom. The highest BCUT2D eigenvalue weighted by Crippen LogP contribution is 2.22. The molecule has 2 aromatic rings. The summed E-state index contributed by atoms with van der Waals surface area (Å²) in [7, 11) is 0. The van der Waals surface area contributed by atoms with Gasteiger partial charge in [0.15, 0.2) is 0 Å². The van der Waals surface area contributed by atoms with E-state index in [1.54, 1.807) is 44.2 Å². The standard InChI is InChI=1S/C20H20N2O4/c1-11-9-12(2)17(10-16(11)20(25)26)22-19(24)14-5-3-13(4-6-14)18(23)21-15-7-8-15/h3-6,9-10,15H,7-8H2,1-2H3,(H,21,23)(H,22,24)(H,25,26). The summed E-state index contributed by atoms with van der Waals surface area (Å²) in [4.78, 5) is 35.7. The van der Waals surface area contributed by atoms with Crippen molar-refractivity contribution in [1.29, 1.82) is 0 Å². The third-order valence-electron chi connectivity index (χ3n) is 4.37. The highest BCUT2D eigenvalue weighted by atomic mass is 16.4. The lowest BCUT2D eigenvalue weighted by Gasteiger charge is -2.12. The third kappa shape index (κ3) is 3.91. The largest absolute Gasteiger partial charge is 0.478 e. The molecule has 1 saturated carbocycles. The molecule has 1 aliphatic rings. The number of amides is 2. The summed E-state index contributed by atoms with van der Waals surface area (Å²) in [5.74, 6) is -1.54.